The van der Waals surface area contributed by atoms with Crippen molar-refractivity contribution in [2.45, 2.75) is 45.7 Å². The Morgan fingerprint density at radius 1 is 1.25 bits per heavy atom. The van der Waals surface area contributed by atoms with E-state index in [2.05, 4.69) is 32.6 Å². The Labute approximate surface area is 76.1 Å². The Hall–Kier alpha value is -0.0800. The summed E-state index contributed by atoms with van der Waals surface area (Å²) < 4.78 is 0. The highest BCUT2D eigenvalue weighted by Crippen LogP contribution is 2.22. The molecule has 0 aromatic carbocycles. The molecule has 12 heavy (non-hydrogen) atoms. The van der Waals surface area contributed by atoms with Gasteiger partial charge in [-0.3, -0.25) is 4.90 Å². The normalized spacial score (nSPS) is 33.8. The van der Waals surface area contributed by atoms with E-state index in [9.17, 15) is 0 Å². The molecule has 0 aromatic heterocycles. The van der Waals surface area contributed by atoms with Crippen LogP contribution in [0.5, 0.6) is 0 Å². The van der Waals surface area contributed by atoms with Crippen LogP contribution in [0, 0.1) is 5.92 Å². The molecule has 1 heterocycles. The summed E-state index contributed by atoms with van der Waals surface area (Å²) in [5, 5.41) is 0. The molecular formula is C10H22N2. The Balaban J connectivity index is 2.55. The summed E-state index contributed by atoms with van der Waals surface area (Å²) in [7, 11) is 0. The van der Waals surface area contributed by atoms with Crippen molar-refractivity contribution in [3.8, 4) is 0 Å². The number of hydrogen-bond acceptors (Lipinski definition) is 2. The molecule has 2 N–H and O–H groups in total. The zero-order chi connectivity index (χ0) is 9.35. The zero-order valence-electron chi connectivity index (χ0n) is 8.80. The van der Waals surface area contributed by atoms with Crippen molar-refractivity contribution in [2.24, 2.45) is 11.7 Å². The predicted molar refractivity (Wildman–Crippen MR) is 53.1 cm³/mol. The molecule has 72 valence electrons. The zero-order valence-corrected chi connectivity index (χ0v) is 8.80. The lowest BCUT2D eigenvalue weighted by molar-refractivity contribution is 0.0732. The van der Waals surface area contributed by atoms with Gasteiger partial charge in [-0.2, -0.15) is 0 Å². The highest BCUT2D eigenvalue weighted by molar-refractivity contribution is 4.86. The third kappa shape index (κ3) is 2.46. The van der Waals surface area contributed by atoms with E-state index in [1.54, 1.807) is 0 Å². The quantitative estimate of drug-likeness (QED) is 0.596. The van der Waals surface area contributed by atoms with Gasteiger partial charge in [-0.1, -0.05) is 6.92 Å². The first-order valence-electron chi connectivity index (χ1n) is 4.90. The molecule has 0 bridgehead atoms. The topological polar surface area (TPSA) is 29.3 Å². The molecule has 1 saturated heterocycles. The van der Waals surface area contributed by atoms with Crippen LogP contribution in [0.15, 0.2) is 0 Å². The summed E-state index contributed by atoms with van der Waals surface area (Å²) in [6, 6.07) is 0.382. The Morgan fingerprint density at radius 2 is 1.83 bits per heavy atom. The van der Waals surface area contributed by atoms with Crippen molar-refractivity contribution in [3.63, 3.8) is 0 Å². The molecule has 0 radical (unpaired) electrons. The largest absolute Gasteiger partial charge is 0.327 e. The first-order chi connectivity index (χ1) is 5.39. The minimum Gasteiger partial charge on any atom is -0.327 e. The van der Waals surface area contributed by atoms with E-state index < -0.39 is 0 Å². The minimum absolute atomic E-state index is 0.284. The van der Waals surface area contributed by atoms with Gasteiger partial charge in [0.2, 0.25) is 0 Å². The average molecular weight is 170 g/mol. The summed E-state index contributed by atoms with van der Waals surface area (Å²) >= 11 is 0. The van der Waals surface area contributed by atoms with Crippen molar-refractivity contribution in [2.75, 3.05) is 13.1 Å². The third-order valence-electron chi connectivity index (χ3n) is 2.64. The summed E-state index contributed by atoms with van der Waals surface area (Å²) in [5.41, 5.74) is 6.25. The van der Waals surface area contributed by atoms with Crippen LogP contribution in [0.4, 0.5) is 0 Å². The van der Waals surface area contributed by atoms with E-state index in [0.29, 0.717) is 6.04 Å². The van der Waals surface area contributed by atoms with E-state index in [1.165, 1.54) is 13.0 Å². The first kappa shape index (κ1) is 10.0. The number of rotatable bonds is 0. The van der Waals surface area contributed by atoms with Gasteiger partial charge >= 0.3 is 0 Å². The summed E-state index contributed by atoms with van der Waals surface area (Å²) in [6.45, 7) is 11.3. The molecule has 0 unspecified atom stereocenters. The van der Waals surface area contributed by atoms with Crippen molar-refractivity contribution in [1.29, 1.82) is 0 Å². The van der Waals surface area contributed by atoms with Gasteiger partial charge in [-0.05, 0) is 33.1 Å². The van der Waals surface area contributed by atoms with Gasteiger partial charge in [0.1, 0.15) is 0 Å². The van der Waals surface area contributed by atoms with Crippen LogP contribution in [-0.4, -0.2) is 29.6 Å². The molecule has 0 aromatic rings. The van der Waals surface area contributed by atoms with Crippen molar-refractivity contribution in [3.05, 3.63) is 0 Å². The second-order valence-electron chi connectivity index (χ2n) is 5.18. The van der Waals surface area contributed by atoms with Crippen LogP contribution >= 0.6 is 0 Å². The van der Waals surface area contributed by atoms with Crippen LogP contribution < -0.4 is 5.73 Å². The standard InChI is InChI=1S/C10H22N2/c1-8-5-9(11)7-12(6-8)10(2,3)4/h8-9H,5-7,11H2,1-4H3/t8-,9+/m1/s1. The predicted octanol–water partition coefficient (Wildman–Crippen LogP) is 1.45. The van der Waals surface area contributed by atoms with Gasteiger partial charge in [0.05, 0.1) is 0 Å². The maximum absolute atomic E-state index is 5.97. The van der Waals surface area contributed by atoms with Gasteiger partial charge in [-0.15, -0.1) is 0 Å². The lowest BCUT2D eigenvalue weighted by Gasteiger charge is -2.43. The SMILES string of the molecule is C[C@@H]1C[C@H](N)CN(C(C)(C)C)C1. The van der Waals surface area contributed by atoms with Crippen LogP contribution in [0.2, 0.25) is 0 Å². The van der Waals surface area contributed by atoms with Crippen LogP contribution in [-0.2, 0) is 0 Å². The third-order valence-corrected chi connectivity index (χ3v) is 2.64. The highest BCUT2D eigenvalue weighted by atomic mass is 15.2. The fourth-order valence-electron chi connectivity index (χ4n) is 1.95. The van der Waals surface area contributed by atoms with Gasteiger partial charge in [0.15, 0.2) is 0 Å². The maximum atomic E-state index is 5.97. The smallest absolute Gasteiger partial charge is 0.0171 e. The summed E-state index contributed by atoms with van der Waals surface area (Å²) in [6.07, 6.45) is 1.19. The lowest BCUT2D eigenvalue weighted by atomic mass is 9.92. The fourth-order valence-corrected chi connectivity index (χ4v) is 1.95. The molecule has 0 saturated carbocycles. The molecule has 1 rings (SSSR count). The number of nitrogens with two attached hydrogens (primary N) is 1. The highest BCUT2D eigenvalue weighted by Gasteiger charge is 2.29. The van der Waals surface area contributed by atoms with E-state index in [1.807, 2.05) is 0 Å². The number of hydrogen-bond donors (Lipinski definition) is 1. The molecule has 1 aliphatic heterocycles. The van der Waals surface area contributed by atoms with Gasteiger partial charge < -0.3 is 5.73 Å². The summed E-state index contributed by atoms with van der Waals surface area (Å²) in [4.78, 5) is 2.49. The molecule has 2 atom stereocenters. The number of nitrogens with zero attached hydrogens (tertiary/aromatic N) is 1. The Kier molecular flexibility index (Phi) is 2.79. The average Bonchev–Trinajstić information content (AvgIpc) is 1.82. The minimum atomic E-state index is 0.284. The van der Waals surface area contributed by atoms with E-state index in [0.717, 1.165) is 12.5 Å². The molecule has 2 heteroatoms. The Bertz CT molecular complexity index is 138. The van der Waals surface area contributed by atoms with Gasteiger partial charge in [0.25, 0.3) is 0 Å². The monoisotopic (exact) mass is 170 g/mol. The maximum Gasteiger partial charge on any atom is 0.0171 e. The molecule has 0 aliphatic carbocycles. The molecule has 1 fully saturated rings. The van der Waals surface area contributed by atoms with E-state index >= 15 is 0 Å². The van der Waals surface area contributed by atoms with Crippen molar-refractivity contribution >= 4 is 0 Å². The lowest BCUT2D eigenvalue weighted by Crippen LogP contribution is -2.53. The van der Waals surface area contributed by atoms with Gasteiger partial charge in [-0.25, -0.2) is 0 Å². The summed E-state index contributed by atoms with van der Waals surface area (Å²) in [5.74, 6) is 0.757. The van der Waals surface area contributed by atoms with E-state index in [4.69, 9.17) is 5.73 Å². The van der Waals surface area contributed by atoms with Crippen LogP contribution in [0.3, 0.4) is 0 Å². The fraction of sp³-hybridized carbons (Fsp3) is 1.00. The Morgan fingerprint density at radius 3 is 2.25 bits per heavy atom. The van der Waals surface area contributed by atoms with Gasteiger partial charge in [0, 0.05) is 24.7 Å². The number of likely N-dealkylation sites (tertiary alicyclic amines) is 1. The molecule has 0 amide bonds. The molecule has 2 nitrogen and oxygen atoms in total. The first-order valence-corrected chi connectivity index (χ1v) is 4.90. The van der Waals surface area contributed by atoms with Crippen LogP contribution in [0.25, 0.3) is 0 Å². The molecule has 1 aliphatic rings. The van der Waals surface area contributed by atoms with Crippen LogP contribution in [0.1, 0.15) is 34.1 Å². The van der Waals surface area contributed by atoms with Crippen molar-refractivity contribution < 1.29 is 0 Å². The second kappa shape index (κ2) is 3.35. The molecular weight excluding hydrogens is 148 g/mol. The van der Waals surface area contributed by atoms with E-state index in [-0.39, 0.29) is 5.54 Å². The number of piperidine rings is 1. The molecule has 0 spiro atoms. The van der Waals surface area contributed by atoms with Crippen molar-refractivity contribution in [1.82, 2.24) is 4.90 Å². The second-order valence-corrected chi connectivity index (χ2v) is 5.18.